The van der Waals surface area contributed by atoms with Crippen LogP contribution in [-0.4, -0.2) is 21.5 Å². The molecular formula is C14H15N3O2S. The number of aromatic nitrogens is 2. The molecule has 0 atom stereocenters. The zero-order valence-corrected chi connectivity index (χ0v) is 12.2. The Balaban J connectivity index is 2.76. The van der Waals surface area contributed by atoms with E-state index in [9.17, 15) is 9.59 Å². The Morgan fingerprint density at radius 1 is 1.20 bits per heavy atom. The Labute approximate surface area is 121 Å². The third-order valence-electron chi connectivity index (χ3n) is 2.91. The first-order valence-corrected chi connectivity index (χ1v) is 6.83. The summed E-state index contributed by atoms with van der Waals surface area (Å²) in [4.78, 5) is 28.5. The molecule has 5 nitrogen and oxygen atoms in total. The van der Waals surface area contributed by atoms with Crippen molar-refractivity contribution < 1.29 is 9.59 Å². The van der Waals surface area contributed by atoms with Gasteiger partial charge in [0.1, 0.15) is 4.64 Å². The van der Waals surface area contributed by atoms with Crippen molar-refractivity contribution in [1.82, 2.24) is 9.66 Å². The number of imide groups is 1. The van der Waals surface area contributed by atoms with E-state index in [1.165, 1.54) is 4.68 Å². The van der Waals surface area contributed by atoms with Gasteiger partial charge in [-0.05, 0) is 24.3 Å². The summed E-state index contributed by atoms with van der Waals surface area (Å²) in [6.45, 7) is 3.42. The second-order valence-corrected chi connectivity index (χ2v) is 4.62. The molecule has 0 bridgehead atoms. The van der Waals surface area contributed by atoms with E-state index in [0.29, 0.717) is 10.3 Å². The molecule has 0 N–H and O–H groups in total. The van der Waals surface area contributed by atoms with E-state index in [2.05, 4.69) is 4.98 Å². The van der Waals surface area contributed by atoms with E-state index >= 15 is 0 Å². The molecule has 0 aliphatic heterocycles. The Morgan fingerprint density at radius 3 is 2.45 bits per heavy atom. The number of carbonyl (C=O) groups excluding carboxylic acids is 2. The largest absolute Gasteiger partial charge is 0.273 e. The lowest BCUT2D eigenvalue weighted by molar-refractivity contribution is -0.128. The molecule has 0 aliphatic carbocycles. The second kappa shape index (κ2) is 5.92. The summed E-state index contributed by atoms with van der Waals surface area (Å²) in [6, 6.07) is 7.17. The highest BCUT2D eigenvalue weighted by atomic mass is 32.1. The Kier molecular flexibility index (Phi) is 4.24. The fraction of sp³-hybridized carbons (Fsp3) is 0.286. The number of hydrogen-bond donors (Lipinski definition) is 0. The van der Waals surface area contributed by atoms with Gasteiger partial charge < -0.3 is 0 Å². The molecule has 2 aromatic rings. The van der Waals surface area contributed by atoms with Crippen molar-refractivity contribution in [2.24, 2.45) is 0 Å². The standard InChI is InChI=1S/C14H15N3O2S/c1-3-11(18)16(12(19)4-2)17-13(20)8-7-10-6-5-9-15-14(10)17/h5-9H,3-4H2,1-2H3. The topological polar surface area (TPSA) is 55.2 Å². The van der Waals surface area contributed by atoms with Crippen molar-refractivity contribution in [3.63, 3.8) is 0 Å². The summed E-state index contributed by atoms with van der Waals surface area (Å²) in [5.74, 6) is -0.600. The van der Waals surface area contributed by atoms with E-state index < -0.39 is 0 Å². The van der Waals surface area contributed by atoms with E-state index in [4.69, 9.17) is 12.2 Å². The molecule has 0 radical (unpaired) electrons. The van der Waals surface area contributed by atoms with Crippen molar-refractivity contribution >= 4 is 35.1 Å². The van der Waals surface area contributed by atoms with Crippen molar-refractivity contribution in [3.05, 3.63) is 35.1 Å². The van der Waals surface area contributed by atoms with Crippen LogP contribution in [0.15, 0.2) is 30.5 Å². The Morgan fingerprint density at radius 2 is 1.85 bits per heavy atom. The highest BCUT2D eigenvalue weighted by Gasteiger charge is 2.22. The quantitative estimate of drug-likeness (QED) is 0.815. The van der Waals surface area contributed by atoms with Crippen LogP contribution in [0.2, 0.25) is 0 Å². The molecule has 20 heavy (non-hydrogen) atoms. The molecular weight excluding hydrogens is 274 g/mol. The summed E-state index contributed by atoms with van der Waals surface area (Å²) in [7, 11) is 0. The zero-order chi connectivity index (χ0) is 14.7. The van der Waals surface area contributed by atoms with E-state index in [-0.39, 0.29) is 24.7 Å². The Hall–Kier alpha value is -2.08. The Bertz CT molecular complexity index is 708. The molecule has 2 heterocycles. The molecule has 2 aromatic heterocycles. The van der Waals surface area contributed by atoms with Gasteiger partial charge in [-0.3, -0.25) is 9.59 Å². The van der Waals surface area contributed by atoms with Gasteiger partial charge in [-0.1, -0.05) is 26.1 Å². The number of carbonyl (C=O) groups is 2. The maximum Gasteiger partial charge on any atom is 0.248 e. The highest BCUT2D eigenvalue weighted by Crippen LogP contribution is 2.14. The molecule has 2 rings (SSSR count). The number of pyridine rings is 2. The lowest BCUT2D eigenvalue weighted by Crippen LogP contribution is -2.45. The first-order valence-electron chi connectivity index (χ1n) is 6.43. The minimum absolute atomic E-state index is 0.219. The monoisotopic (exact) mass is 289 g/mol. The van der Waals surface area contributed by atoms with Gasteiger partial charge in [0.05, 0.1) is 0 Å². The van der Waals surface area contributed by atoms with Crippen molar-refractivity contribution in [1.29, 1.82) is 0 Å². The van der Waals surface area contributed by atoms with Crippen LogP contribution in [0.3, 0.4) is 0 Å². The highest BCUT2D eigenvalue weighted by molar-refractivity contribution is 7.71. The minimum atomic E-state index is -0.300. The predicted octanol–water partition coefficient (Wildman–Crippen LogP) is 2.58. The first kappa shape index (κ1) is 14.3. The van der Waals surface area contributed by atoms with Crippen LogP contribution in [0.1, 0.15) is 26.7 Å². The van der Waals surface area contributed by atoms with E-state index in [1.54, 1.807) is 32.2 Å². The average Bonchev–Trinajstić information content (AvgIpc) is 2.49. The third kappa shape index (κ3) is 2.46. The number of hydrogen-bond acceptors (Lipinski definition) is 4. The van der Waals surface area contributed by atoms with Gasteiger partial charge in [0.2, 0.25) is 11.8 Å². The molecule has 0 saturated heterocycles. The summed E-state index contributed by atoms with van der Waals surface area (Å²) < 4.78 is 1.79. The molecule has 6 heteroatoms. The maximum absolute atomic E-state index is 12.1. The molecule has 104 valence electrons. The molecule has 0 aliphatic rings. The van der Waals surface area contributed by atoms with Gasteiger partial charge in [0, 0.05) is 24.4 Å². The summed E-state index contributed by atoms with van der Waals surface area (Å²) in [5, 5.41) is 1.91. The lowest BCUT2D eigenvalue weighted by Gasteiger charge is -2.23. The van der Waals surface area contributed by atoms with E-state index in [1.807, 2.05) is 12.1 Å². The molecule has 2 amide bonds. The predicted molar refractivity (Wildman–Crippen MR) is 79.4 cm³/mol. The van der Waals surface area contributed by atoms with Crippen LogP contribution in [0, 0.1) is 4.64 Å². The number of fused-ring (bicyclic) bond motifs is 1. The first-order chi connectivity index (χ1) is 9.60. The van der Waals surface area contributed by atoms with Gasteiger partial charge >= 0.3 is 0 Å². The van der Waals surface area contributed by atoms with Crippen molar-refractivity contribution in [2.75, 3.05) is 5.01 Å². The van der Waals surface area contributed by atoms with Gasteiger partial charge in [0.15, 0.2) is 5.65 Å². The van der Waals surface area contributed by atoms with Crippen LogP contribution in [0.4, 0.5) is 0 Å². The fourth-order valence-electron chi connectivity index (χ4n) is 1.91. The molecule has 0 unspecified atom stereocenters. The summed E-state index contributed by atoms with van der Waals surface area (Å²) >= 11 is 5.27. The molecule has 0 saturated carbocycles. The number of rotatable bonds is 3. The summed E-state index contributed by atoms with van der Waals surface area (Å²) in [5.41, 5.74) is 0.503. The van der Waals surface area contributed by atoms with Crippen LogP contribution in [0.5, 0.6) is 0 Å². The van der Waals surface area contributed by atoms with Crippen molar-refractivity contribution in [2.45, 2.75) is 26.7 Å². The zero-order valence-electron chi connectivity index (χ0n) is 11.4. The van der Waals surface area contributed by atoms with E-state index in [0.717, 1.165) is 10.4 Å². The normalized spacial score (nSPS) is 10.5. The van der Waals surface area contributed by atoms with Gasteiger partial charge in [-0.15, -0.1) is 0 Å². The number of nitrogens with zero attached hydrogens (tertiary/aromatic N) is 3. The summed E-state index contributed by atoms with van der Waals surface area (Å²) in [6.07, 6.45) is 2.05. The van der Waals surface area contributed by atoms with Crippen LogP contribution in [0.25, 0.3) is 11.0 Å². The van der Waals surface area contributed by atoms with Gasteiger partial charge in [0.25, 0.3) is 0 Å². The smallest absolute Gasteiger partial charge is 0.248 e. The third-order valence-corrected chi connectivity index (χ3v) is 3.22. The second-order valence-electron chi connectivity index (χ2n) is 4.21. The molecule has 0 fully saturated rings. The SMILES string of the molecule is CCC(=O)N(C(=O)CC)n1c(=S)ccc2cccnc21. The molecule has 0 spiro atoms. The van der Waals surface area contributed by atoms with Crippen LogP contribution >= 0.6 is 12.2 Å². The van der Waals surface area contributed by atoms with Crippen LogP contribution in [-0.2, 0) is 9.59 Å². The maximum atomic E-state index is 12.1. The average molecular weight is 289 g/mol. The number of amides is 2. The lowest BCUT2D eigenvalue weighted by atomic mass is 10.3. The fourth-order valence-corrected chi connectivity index (χ4v) is 2.14. The van der Waals surface area contributed by atoms with Gasteiger partial charge in [-0.25, -0.2) is 9.66 Å². The van der Waals surface area contributed by atoms with Crippen LogP contribution < -0.4 is 5.01 Å². The minimum Gasteiger partial charge on any atom is -0.273 e. The van der Waals surface area contributed by atoms with Gasteiger partial charge in [-0.2, -0.15) is 5.01 Å². The van der Waals surface area contributed by atoms with Crippen molar-refractivity contribution in [3.8, 4) is 0 Å². The molecule has 0 aromatic carbocycles.